The molecule has 4 nitrogen and oxygen atoms in total. The molecule has 1 aliphatic rings. The largest absolute Gasteiger partial charge is 0.313 e. The zero-order valence-corrected chi connectivity index (χ0v) is 12.1. The molecule has 1 saturated carbocycles. The third-order valence-corrected chi connectivity index (χ3v) is 4.87. The molecule has 7 heteroatoms. The standard InChI is InChI=1S/C13H18F2N2O2S/c1-2-16-8-9-6-11(14)13(15)12(7-9)20(18,19)17-10-4-3-5-10/h6-7,10,16-17H,2-5,8H2,1H3. The van der Waals surface area contributed by atoms with Crippen molar-refractivity contribution in [3.05, 3.63) is 29.3 Å². The molecule has 0 atom stereocenters. The molecule has 0 aromatic heterocycles. The Morgan fingerprint density at radius 2 is 2.00 bits per heavy atom. The molecule has 0 bridgehead atoms. The van der Waals surface area contributed by atoms with E-state index in [-0.39, 0.29) is 6.04 Å². The van der Waals surface area contributed by atoms with Crippen LogP contribution in [0.4, 0.5) is 8.78 Å². The highest BCUT2D eigenvalue weighted by Crippen LogP contribution is 2.24. The summed E-state index contributed by atoms with van der Waals surface area (Å²) in [6, 6.07) is 2.03. The molecule has 1 aliphatic carbocycles. The van der Waals surface area contributed by atoms with Crippen LogP contribution in [0.1, 0.15) is 31.7 Å². The molecular weight excluding hydrogens is 286 g/mol. The zero-order chi connectivity index (χ0) is 14.8. The van der Waals surface area contributed by atoms with Gasteiger partial charge in [0.05, 0.1) is 0 Å². The number of sulfonamides is 1. The van der Waals surface area contributed by atoms with Crippen LogP contribution in [0.15, 0.2) is 17.0 Å². The Labute approximate surface area is 117 Å². The van der Waals surface area contributed by atoms with Gasteiger partial charge in [-0.15, -0.1) is 0 Å². The summed E-state index contributed by atoms with van der Waals surface area (Å²) in [5.74, 6) is -2.47. The van der Waals surface area contributed by atoms with Crippen molar-refractivity contribution in [2.24, 2.45) is 0 Å². The highest BCUT2D eigenvalue weighted by atomic mass is 32.2. The van der Waals surface area contributed by atoms with Crippen LogP contribution in [-0.4, -0.2) is 21.0 Å². The van der Waals surface area contributed by atoms with Crippen LogP contribution in [0.3, 0.4) is 0 Å². The van der Waals surface area contributed by atoms with E-state index in [2.05, 4.69) is 10.0 Å². The summed E-state index contributed by atoms with van der Waals surface area (Å²) in [5.41, 5.74) is 0.403. The lowest BCUT2D eigenvalue weighted by Gasteiger charge is -2.26. The summed E-state index contributed by atoms with van der Waals surface area (Å²) < 4.78 is 53.9. The first-order valence-electron chi connectivity index (χ1n) is 6.65. The molecule has 0 saturated heterocycles. The van der Waals surface area contributed by atoms with Crippen molar-refractivity contribution in [1.29, 1.82) is 0 Å². The predicted octanol–water partition coefficient (Wildman–Crippen LogP) is 1.91. The fourth-order valence-electron chi connectivity index (χ4n) is 1.99. The van der Waals surface area contributed by atoms with Gasteiger partial charge in [-0.1, -0.05) is 13.3 Å². The summed E-state index contributed by atoms with van der Waals surface area (Å²) in [7, 11) is -4.01. The van der Waals surface area contributed by atoms with E-state index in [4.69, 9.17) is 0 Å². The summed E-state index contributed by atoms with van der Waals surface area (Å²) >= 11 is 0. The molecule has 0 spiro atoms. The molecule has 0 amide bonds. The van der Waals surface area contributed by atoms with Crippen LogP contribution in [0.5, 0.6) is 0 Å². The van der Waals surface area contributed by atoms with Crippen molar-refractivity contribution in [2.75, 3.05) is 6.54 Å². The van der Waals surface area contributed by atoms with E-state index in [1.807, 2.05) is 6.92 Å². The molecular formula is C13H18F2N2O2S. The van der Waals surface area contributed by atoms with Gasteiger partial charge in [0.2, 0.25) is 10.0 Å². The smallest absolute Gasteiger partial charge is 0.243 e. The molecule has 1 aromatic rings. The highest BCUT2D eigenvalue weighted by molar-refractivity contribution is 7.89. The second kappa shape index (κ2) is 6.15. The summed E-state index contributed by atoms with van der Waals surface area (Å²) in [4.78, 5) is -0.614. The van der Waals surface area contributed by atoms with Gasteiger partial charge in [-0.3, -0.25) is 0 Å². The molecule has 1 fully saturated rings. The third-order valence-electron chi connectivity index (χ3n) is 3.35. The second-order valence-corrected chi connectivity index (χ2v) is 6.60. The van der Waals surface area contributed by atoms with E-state index in [9.17, 15) is 17.2 Å². The molecule has 0 aliphatic heterocycles. The average molecular weight is 304 g/mol. The maximum atomic E-state index is 13.8. The number of rotatable bonds is 6. The zero-order valence-electron chi connectivity index (χ0n) is 11.2. The Morgan fingerprint density at radius 1 is 1.30 bits per heavy atom. The lowest BCUT2D eigenvalue weighted by Crippen LogP contribution is -2.39. The monoisotopic (exact) mass is 304 g/mol. The maximum absolute atomic E-state index is 13.8. The Bertz CT molecular complexity index is 586. The van der Waals surface area contributed by atoms with Crippen molar-refractivity contribution in [3.63, 3.8) is 0 Å². The second-order valence-electron chi connectivity index (χ2n) is 4.92. The lowest BCUT2D eigenvalue weighted by molar-refractivity contribution is 0.382. The third kappa shape index (κ3) is 3.34. The lowest BCUT2D eigenvalue weighted by atomic mass is 9.94. The first-order chi connectivity index (χ1) is 9.44. The minimum absolute atomic E-state index is 0.167. The number of hydrogen-bond donors (Lipinski definition) is 2. The Balaban J connectivity index is 2.30. The van der Waals surface area contributed by atoms with E-state index in [0.717, 1.165) is 25.3 Å². The van der Waals surface area contributed by atoms with E-state index in [1.54, 1.807) is 0 Å². The first-order valence-corrected chi connectivity index (χ1v) is 8.13. The Hall–Kier alpha value is -1.05. The van der Waals surface area contributed by atoms with Crippen LogP contribution in [-0.2, 0) is 16.6 Å². The highest BCUT2D eigenvalue weighted by Gasteiger charge is 2.28. The van der Waals surface area contributed by atoms with Crippen LogP contribution >= 0.6 is 0 Å². The van der Waals surface area contributed by atoms with Crippen LogP contribution in [0, 0.1) is 11.6 Å². The van der Waals surface area contributed by atoms with Gasteiger partial charge in [-0.25, -0.2) is 21.9 Å². The van der Waals surface area contributed by atoms with Gasteiger partial charge in [0, 0.05) is 12.6 Å². The Morgan fingerprint density at radius 3 is 2.55 bits per heavy atom. The van der Waals surface area contributed by atoms with Gasteiger partial charge in [0.25, 0.3) is 0 Å². The summed E-state index contributed by atoms with van der Waals surface area (Å²) in [5, 5.41) is 2.95. The predicted molar refractivity (Wildman–Crippen MR) is 71.7 cm³/mol. The molecule has 2 N–H and O–H groups in total. The summed E-state index contributed by atoms with van der Waals surface area (Å²) in [6.07, 6.45) is 2.42. The van der Waals surface area contributed by atoms with Crippen molar-refractivity contribution < 1.29 is 17.2 Å². The van der Waals surface area contributed by atoms with Gasteiger partial charge >= 0.3 is 0 Å². The topological polar surface area (TPSA) is 58.2 Å². The molecule has 2 rings (SSSR count). The molecule has 0 heterocycles. The average Bonchev–Trinajstić information content (AvgIpc) is 2.35. The maximum Gasteiger partial charge on any atom is 0.243 e. The van der Waals surface area contributed by atoms with Crippen LogP contribution in [0.2, 0.25) is 0 Å². The fraction of sp³-hybridized carbons (Fsp3) is 0.538. The van der Waals surface area contributed by atoms with E-state index >= 15 is 0 Å². The van der Waals surface area contributed by atoms with Crippen molar-refractivity contribution in [3.8, 4) is 0 Å². The molecule has 112 valence electrons. The van der Waals surface area contributed by atoms with Crippen molar-refractivity contribution in [2.45, 2.75) is 43.7 Å². The normalized spacial score (nSPS) is 16.1. The first kappa shape index (κ1) is 15.3. The Kier molecular flexibility index (Phi) is 4.72. The number of benzene rings is 1. The van der Waals surface area contributed by atoms with E-state index in [0.29, 0.717) is 18.7 Å². The molecule has 0 radical (unpaired) electrons. The van der Waals surface area contributed by atoms with Crippen molar-refractivity contribution in [1.82, 2.24) is 10.0 Å². The molecule has 1 aromatic carbocycles. The SMILES string of the molecule is CCNCc1cc(F)c(F)c(S(=O)(=O)NC2CCC2)c1. The van der Waals surface area contributed by atoms with E-state index < -0.39 is 26.6 Å². The van der Waals surface area contributed by atoms with Gasteiger partial charge in [0.1, 0.15) is 4.90 Å². The summed E-state index contributed by atoms with van der Waals surface area (Å²) in [6.45, 7) is 2.82. The van der Waals surface area contributed by atoms with Crippen LogP contribution in [0.25, 0.3) is 0 Å². The van der Waals surface area contributed by atoms with Gasteiger partial charge in [0.15, 0.2) is 11.6 Å². The van der Waals surface area contributed by atoms with Crippen LogP contribution < -0.4 is 10.0 Å². The fourth-order valence-corrected chi connectivity index (χ4v) is 3.43. The number of halogens is 2. The van der Waals surface area contributed by atoms with Gasteiger partial charge in [-0.2, -0.15) is 0 Å². The minimum Gasteiger partial charge on any atom is -0.313 e. The quantitative estimate of drug-likeness (QED) is 0.844. The number of hydrogen-bond acceptors (Lipinski definition) is 3. The molecule has 20 heavy (non-hydrogen) atoms. The molecule has 0 unspecified atom stereocenters. The number of nitrogens with one attached hydrogen (secondary N) is 2. The minimum atomic E-state index is -4.01. The van der Waals surface area contributed by atoms with Crippen molar-refractivity contribution >= 4 is 10.0 Å². The van der Waals surface area contributed by atoms with Gasteiger partial charge in [-0.05, 0) is 37.1 Å². The van der Waals surface area contributed by atoms with Gasteiger partial charge < -0.3 is 5.32 Å². The van der Waals surface area contributed by atoms with E-state index in [1.165, 1.54) is 6.07 Å².